The summed E-state index contributed by atoms with van der Waals surface area (Å²) in [5.41, 5.74) is 0. The van der Waals surface area contributed by atoms with Gasteiger partial charge in [0.1, 0.15) is 5.92 Å². The smallest absolute Gasteiger partial charge is 0.316 e. The lowest BCUT2D eigenvalue weighted by molar-refractivity contribution is -0.140. The van der Waals surface area contributed by atoms with Gasteiger partial charge in [0.15, 0.2) is 6.17 Å². The number of aliphatic carboxylic acids is 1. The van der Waals surface area contributed by atoms with E-state index in [1.54, 1.807) is 11.2 Å². The van der Waals surface area contributed by atoms with Gasteiger partial charge in [-0.05, 0) is 0 Å². The minimum atomic E-state index is -0.856. The maximum Gasteiger partial charge on any atom is 0.316 e. The van der Waals surface area contributed by atoms with Crippen LogP contribution in [0.25, 0.3) is 0 Å². The minimum absolute atomic E-state index is 0.295. The van der Waals surface area contributed by atoms with Crippen molar-refractivity contribution in [1.82, 2.24) is 5.01 Å². The van der Waals surface area contributed by atoms with Crippen LogP contribution in [0.3, 0.4) is 0 Å². The Morgan fingerprint density at radius 1 is 1.67 bits per heavy atom. The third kappa shape index (κ3) is 0.975. The van der Waals surface area contributed by atoms with Gasteiger partial charge in [0.2, 0.25) is 0 Å². The van der Waals surface area contributed by atoms with E-state index in [1.807, 2.05) is 0 Å². The van der Waals surface area contributed by atoms with Crippen molar-refractivity contribution in [3.8, 4) is 0 Å². The molecule has 0 aromatic rings. The lowest BCUT2D eigenvalue weighted by Crippen LogP contribution is -2.37. The summed E-state index contributed by atoms with van der Waals surface area (Å²) in [6.45, 7) is 0.772. The maximum absolute atomic E-state index is 10.7. The van der Waals surface area contributed by atoms with Gasteiger partial charge >= 0.3 is 5.97 Å². The molecule has 64 valence electrons. The number of carboxylic acid groups (broad SMARTS) is 1. The van der Waals surface area contributed by atoms with Crippen LogP contribution in [0, 0.1) is 5.92 Å². The molecule has 0 saturated carbocycles. The number of aliphatic imine (C=N–C) groups is 1. The first-order chi connectivity index (χ1) is 5.79. The third-order valence-electron chi connectivity index (χ3n) is 2.03. The van der Waals surface area contributed by atoms with Crippen LogP contribution in [0.2, 0.25) is 0 Å². The Balaban J connectivity index is 2.20. The summed E-state index contributed by atoms with van der Waals surface area (Å²) in [4.78, 5) is 14.8. The first-order valence-electron chi connectivity index (χ1n) is 3.84. The largest absolute Gasteiger partial charge is 0.481 e. The molecule has 2 rings (SSSR count). The highest BCUT2D eigenvalue weighted by Gasteiger charge is 2.36. The summed E-state index contributed by atoms with van der Waals surface area (Å²) in [5, 5.41) is 14.5. The van der Waals surface area contributed by atoms with Gasteiger partial charge in [-0.15, -0.1) is 0 Å². The van der Waals surface area contributed by atoms with Crippen LogP contribution < -0.4 is 0 Å². The number of hydrogen-bond acceptors (Lipinski definition) is 4. The Morgan fingerprint density at radius 2 is 2.50 bits per heavy atom. The van der Waals surface area contributed by atoms with Crippen molar-refractivity contribution in [3.63, 3.8) is 0 Å². The number of rotatable bonds is 1. The average molecular weight is 167 g/mol. The van der Waals surface area contributed by atoms with Gasteiger partial charge in [-0.2, -0.15) is 5.10 Å². The van der Waals surface area contributed by atoms with Gasteiger partial charge in [-0.1, -0.05) is 0 Å². The van der Waals surface area contributed by atoms with Crippen LogP contribution in [-0.2, 0) is 4.79 Å². The Morgan fingerprint density at radius 3 is 3.25 bits per heavy atom. The van der Waals surface area contributed by atoms with E-state index in [0.29, 0.717) is 0 Å². The monoisotopic (exact) mass is 167 g/mol. The van der Waals surface area contributed by atoms with Crippen molar-refractivity contribution in [2.45, 2.75) is 12.6 Å². The molecular formula is C7H9N3O2. The molecule has 0 aliphatic carbocycles. The molecular weight excluding hydrogens is 158 g/mol. The van der Waals surface area contributed by atoms with Gasteiger partial charge in [-0.25, -0.2) is 0 Å². The fourth-order valence-corrected chi connectivity index (χ4v) is 1.41. The van der Waals surface area contributed by atoms with Crippen LogP contribution in [-0.4, -0.2) is 41.2 Å². The molecule has 0 saturated heterocycles. The first kappa shape index (κ1) is 7.27. The second-order valence-electron chi connectivity index (χ2n) is 2.83. The van der Waals surface area contributed by atoms with Crippen molar-refractivity contribution >= 4 is 18.4 Å². The molecule has 2 unspecified atom stereocenters. The van der Waals surface area contributed by atoms with E-state index in [-0.39, 0.29) is 6.17 Å². The van der Waals surface area contributed by atoms with Crippen LogP contribution in [0.1, 0.15) is 6.42 Å². The van der Waals surface area contributed by atoms with E-state index in [2.05, 4.69) is 10.1 Å². The maximum atomic E-state index is 10.7. The highest BCUT2D eigenvalue weighted by molar-refractivity contribution is 5.90. The van der Waals surface area contributed by atoms with E-state index >= 15 is 0 Å². The van der Waals surface area contributed by atoms with Crippen molar-refractivity contribution in [2.24, 2.45) is 16.0 Å². The molecule has 2 aliphatic heterocycles. The van der Waals surface area contributed by atoms with Crippen LogP contribution in [0.5, 0.6) is 0 Å². The Bertz CT molecular complexity index is 261. The average Bonchev–Trinajstić information content (AvgIpc) is 2.47. The summed E-state index contributed by atoms with van der Waals surface area (Å²) in [6, 6.07) is 0. The zero-order chi connectivity index (χ0) is 8.55. The molecule has 1 N–H and O–H groups in total. The Hall–Kier alpha value is -1.39. The summed E-state index contributed by atoms with van der Waals surface area (Å²) in [7, 11) is 0. The summed E-state index contributed by atoms with van der Waals surface area (Å²) in [6.07, 6.45) is 3.78. The van der Waals surface area contributed by atoms with Gasteiger partial charge < -0.3 is 5.11 Å². The SMILES string of the molecule is O=C(O)C1C=NN2CCC=NC12. The molecule has 0 aromatic carbocycles. The zero-order valence-electron chi connectivity index (χ0n) is 6.42. The highest BCUT2D eigenvalue weighted by atomic mass is 16.4. The summed E-state index contributed by atoms with van der Waals surface area (Å²) < 4.78 is 0. The zero-order valence-corrected chi connectivity index (χ0v) is 6.42. The molecule has 0 bridgehead atoms. The van der Waals surface area contributed by atoms with Gasteiger partial charge in [0.25, 0.3) is 0 Å². The molecule has 0 amide bonds. The summed E-state index contributed by atoms with van der Waals surface area (Å²) >= 11 is 0. The molecule has 0 fully saturated rings. The second kappa shape index (κ2) is 2.58. The predicted molar refractivity (Wildman–Crippen MR) is 43.2 cm³/mol. The van der Waals surface area contributed by atoms with Crippen LogP contribution in [0.4, 0.5) is 0 Å². The van der Waals surface area contributed by atoms with Crippen molar-refractivity contribution in [3.05, 3.63) is 0 Å². The lowest BCUT2D eigenvalue weighted by atomic mass is 10.1. The molecule has 12 heavy (non-hydrogen) atoms. The van der Waals surface area contributed by atoms with Crippen molar-refractivity contribution < 1.29 is 9.90 Å². The Labute approximate surface area is 69.4 Å². The topological polar surface area (TPSA) is 65.3 Å². The quantitative estimate of drug-likeness (QED) is 0.587. The van der Waals surface area contributed by atoms with E-state index in [4.69, 9.17) is 5.11 Å². The standard InChI is InChI=1S/C7H9N3O2/c11-7(12)5-4-9-10-3-1-2-8-6(5)10/h2,4-6H,1,3H2,(H,11,12). The van der Waals surface area contributed by atoms with E-state index in [0.717, 1.165) is 13.0 Å². The number of carboxylic acids is 1. The number of carbonyl (C=O) groups is 1. The molecule has 0 aromatic heterocycles. The molecule has 2 atom stereocenters. The second-order valence-corrected chi connectivity index (χ2v) is 2.83. The fourth-order valence-electron chi connectivity index (χ4n) is 1.41. The molecule has 5 heteroatoms. The first-order valence-corrected chi connectivity index (χ1v) is 3.84. The fraction of sp³-hybridized carbons (Fsp3) is 0.571. The number of fused-ring (bicyclic) bond motifs is 1. The van der Waals surface area contributed by atoms with E-state index < -0.39 is 11.9 Å². The minimum Gasteiger partial charge on any atom is -0.481 e. The molecule has 5 nitrogen and oxygen atoms in total. The Kier molecular flexibility index (Phi) is 1.56. The normalized spacial score (nSPS) is 32.2. The summed E-state index contributed by atoms with van der Waals surface area (Å²) in [5.74, 6) is -1.42. The van der Waals surface area contributed by atoms with Crippen LogP contribution in [0.15, 0.2) is 10.1 Å². The van der Waals surface area contributed by atoms with Crippen molar-refractivity contribution in [1.29, 1.82) is 0 Å². The third-order valence-corrected chi connectivity index (χ3v) is 2.03. The van der Waals surface area contributed by atoms with Gasteiger partial charge in [-0.3, -0.25) is 14.8 Å². The molecule has 2 heterocycles. The highest BCUT2D eigenvalue weighted by Crippen LogP contribution is 2.21. The van der Waals surface area contributed by atoms with Crippen LogP contribution >= 0.6 is 0 Å². The number of nitrogens with zero attached hydrogens (tertiary/aromatic N) is 3. The number of hydrazone groups is 1. The van der Waals surface area contributed by atoms with E-state index in [9.17, 15) is 4.79 Å². The number of hydrogen-bond donors (Lipinski definition) is 1. The lowest BCUT2D eigenvalue weighted by Gasteiger charge is -2.25. The van der Waals surface area contributed by atoms with Gasteiger partial charge in [0, 0.05) is 25.4 Å². The molecule has 0 radical (unpaired) electrons. The van der Waals surface area contributed by atoms with Gasteiger partial charge in [0.05, 0.1) is 0 Å². The molecule has 0 spiro atoms. The van der Waals surface area contributed by atoms with Crippen molar-refractivity contribution in [2.75, 3.05) is 6.54 Å². The predicted octanol–water partition coefficient (Wildman–Crippen LogP) is -0.211. The molecule has 2 aliphatic rings. The van der Waals surface area contributed by atoms with E-state index in [1.165, 1.54) is 6.21 Å².